The maximum absolute atomic E-state index is 12.4. The summed E-state index contributed by atoms with van der Waals surface area (Å²) in [5, 5.41) is 0. The minimum absolute atomic E-state index is 0.0524. The fourth-order valence-corrected chi connectivity index (χ4v) is 5.26. The molecule has 7 heteroatoms. The quantitative estimate of drug-likeness (QED) is 0.696. The van der Waals surface area contributed by atoms with E-state index in [1.807, 2.05) is 42.6 Å². The number of ether oxygens (including phenoxy) is 1. The number of pyridine rings is 1. The first kappa shape index (κ1) is 21.2. The number of aromatic nitrogens is 1. The van der Waals surface area contributed by atoms with Gasteiger partial charge in [-0.2, -0.15) is 0 Å². The Balaban J connectivity index is 1.08. The lowest BCUT2D eigenvalue weighted by atomic mass is 9.96. The van der Waals surface area contributed by atoms with Crippen molar-refractivity contribution < 1.29 is 9.53 Å². The van der Waals surface area contributed by atoms with Crippen molar-refractivity contribution >= 4 is 17.6 Å². The van der Waals surface area contributed by atoms with Gasteiger partial charge >= 0.3 is 6.09 Å². The fraction of sp³-hybridized carbons (Fsp3) is 0.520. The lowest BCUT2D eigenvalue weighted by Crippen LogP contribution is -2.50. The SMILES string of the molecule is O=C1OC(CN2CCCC(CN3CCN(c4ccccn4)CC3)C2)CN1c1ccccc1. The number of carbonyl (C=O) groups excluding carboxylic acids is 1. The Hall–Kier alpha value is -2.64. The molecule has 1 aromatic carbocycles. The summed E-state index contributed by atoms with van der Waals surface area (Å²) in [7, 11) is 0. The van der Waals surface area contributed by atoms with Gasteiger partial charge in [-0.25, -0.2) is 9.78 Å². The van der Waals surface area contributed by atoms with Gasteiger partial charge in [0.05, 0.1) is 6.54 Å². The molecule has 0 bridgehead atoms. The molecule has 2 atom stereocenters. The molecule has 4 heterocycles. The van der Waals surface area contributed by atoms with E-state index in [-0.39, 0.29) is 12.2 Å². The van der Waals surface area contributed by atoms with Gasteiger partial charge in [0.1, 0.15) is 11.9 Å². The molecule has 3 saturated heterocycles. The van der Waals surface area contributed by atoms with Crippen molar-refractivity contribution in [3.05, 3.63) is 54.7 Å². The molecular weight excluding hydrogens is 402 g/mol. The third-order valence-electron chi connectivity index (χ3n) is 6.87. The predicted molar refractivity (Wildman–Crippen MR) is 126 cm³/mol. The van der Waals surface area contributed by atoms with Gasteiger partial charge < -0.3 is 9.64 Å². The number of likely N-dealkylation sites (tertiary alicyclic amines) is 1. The molecular formula is C25H33N5O2. The molecule has 0 radical (unpaired) electrons. The van der Waals surface area contributed by atoms with Gasteiger partial charge in [0.25, 0.3) is 0 Å². The van der Waals surface area contributed by atoms with Gasteiger partial charge in [0.2, 0.25) is 0 Å². The first-order valence-electron chi connectivity index (χ1n) is 11.9. The third-order valence-corrected chi connectivity index (χ3v) is 6.87. The molecule has 3 aliphatic heterocycles. The molecule has 5 rings (SSSR count). The van der Waals surface area contributed by atoms with Gasteiger partial charge in [-0.3, -0.25) is 14.7 Å². The molecule has 7 nitrogen and oxygen atoms in total. The Labute approximate surface area is 190 Å². The van der Waals surface area contributed by atoms with Crippen LogP contribution in [-0.4, -0.2) is 85.9 Å². The molecule has 2 unspecified atom stereocenters. The van der Waals surface area contributed by atoms with Crippen LogP contribution in [0.3, 0.4) is 0 Å². The van der Waals surface area contributed by atoms with Crippen LogP contribution in [0.5, 0.6) is 0 Å². The van der Waals surface area contributed by atoms with Gasteiger partial charge in [0.15, 0.2) is 0 Å². The fourth-order valence-electron chi connectivity index (χ4n) is 5.26. The Kier molecular flexibility index (Phi) is 6.55. The van der Waals surface area contributed by atoms with E-state index in [0.717, 1.165) is 63.9 Å². The third kappa shape index (κ3) is 5.05. The minimum Gasteiger partial charge on any atom is -0.443 e. The number of para-hydroxylation sites is 1. The Morgan fingerprint density at radius 2 is 1.69 bits per heavy atom. The highest BCUT2D eigenvalue weighted by Gasteiger charge is 2.34. The van der Waals surface area contributed by atoms with Gasteiger partial charge in [-0.15, -0.1) is 0 Å². The van der Waals surface area contributed by atoms with Crippen LogP contribution in [0.15, 0.2) is 54.7 Å². The summed E-state index contributed by atoms with van der Waals surface area (Å²) in [6, 6.07) is 16.0. The number of benzene rings is 1. The number of hydrogen-bond donors (Lipinski definition) is 0. The molecule has 2 aromatic rings. The number of amides is 1. The van der Waals surface area contributed by atoms with E-state index in [4.69, 9.17) is 4.74 Å². The van der Waals surface area contributed by atoms with Crippen LogP contribution in [0.4, 0.5) is 16.3 Å². The summed E-state index contributed by atoms with van der Waals surface area (Å²) in [5.74, 6) is 1.78. The average Bonchev–Trinajstić information content (AvgIpc) is 3.21. The molecule has 0 saturated carbocycles. The summed E-state index contributed by atoms with van der Waals surface area (Å²) < 4.78 is 5.69. The van der Waals surface area contributed by atoms with Crippen LogP contribution in [0.25, 0.3) is 0 Å². The van der Waals surface area contributed by atoms with Gasteiger partial charge in [-0.1, -0.05) is 24.3 Å². The van der Waals surface area contributed by atoms with Crippen molar-refractivity contribution in [3.8, 4) is 0 Å². The summed E-state index contributed by atoms with van der Waals surface area (Å²) in [4.78, 5) is 26.1. The molecule has 170 valence electrons. The number of piperidine rings is 1. The monoisotopic (exact) mass is 435 g/mol. The van der Waals surface area contributed by atoms with Crippen molar-refractivity contribution in [3.63, 3.8) is 0 Å². The second-order valence-electron chi connectivity index (χ2n) is 9.20. The van der Waals surface area contributed by atoms with Gasteiger partial charge in [-0.05, 0) is 49.6 Å². The smallest absolute Gasteiger partial charge is 0.414 e. The van der Waals surface area contributed by atoms with Crippen molar-refractivity contribution in [2.24, 2.45) is 5.92 Å². The minimum atomic E-state index is -0.222. The van der Waals surface area contributed by atoms with E-state index in [1.165, 1.54) is 12.8 Å². The number of anilines is 2. The van der Waals surface area contributed by atoms with Crippen LogP contribution < -0.4 is 9.80 Å². The molecule has 0 spiro atoms. The number of cyclic esters (lactones) is 1. The number of piperazine rings is 1. The number of nitrogens with zero attached hydrogens (tertiary/aromatic N) is 5. The van der Waals surface area contributed by atoms with E-state index < -0.39 is 0 Å². The average molecular weight is 436 g/mol. The largest absolute Gasteiger partial charge is 0.443 e. The second kappa shape index (κ2) is 9.88. The van der Waals surface area contributed by atoms with Crippen LogP contribution in [0, 0.1) is 5.92 Å². The zero-order chi connectivity index (χ0) is 21.8. The summed E-state index contributed by atoms with van der Waals surface area (Å²) in [6.07, 6.45) is 4.11. The number of hydrogen-bond acceptors (Lipinski definition) is 6. The van der Waals surface area contributed by atoms with Crippen LogP contribution >= 0.6 is 0 Å². The normalized spacial score (nSPS) is 25.2. The zero-order valence-corrected chi connectivity index (χ0v) is 18.7. The van der Waals surface area contributed by atoms with Crippen LogP contribution in [-0.2, 0) is 4.74 Å². The number of carbonyl (C=O) groups is 1. The molecule has 3 fully saturated rings. The second-order valence-corrected chi connectivity index (χ2v) is 9.20. The summed E-state index contributed by atoms with van der Waals surface area (Å²) in [6.45, 7) is 9.11. The van der Waals surface area contributed by atoms with Crippen LogP contribution in [0.1, 0.15) is 12.8 Å². The Bertz CT molecular complexity index is 872. The molecule has 32 heavy (non-hydrogen) atoms. The molecule has 1 amide bonds. The van der Waals surface area contributed by atoms with Crippen molar-refractivity contribution in [2.45, 2.75) is 18.9 Å². The van der Waals surface area contributed by atoms with Crippen molar-refractivity contribution in [2.75, 3.05) is 68.7 Å². The molecule has 0 N–H and O–H groups in total. The lowest BCUT2D eigenvalue weighted by Gasteiger charge is -2.40. The van der Waals surface area contributed by atoms with E-state index in [9.17, 15) is 4.79 Å². The zero-order valence-electron chi connectivity index (χ0n) is 18.7. The highest BCUT2D eigenvalue weighted by Crippen LogP contribution is 2.24. The predicted octanol–water partition coefficient (Wildman–Crippen LogP) is 2.94. The highest BCUT2D eigenvalue weighted by atomic mass is 16.6. The van der Waals surface area contributed by atoms with E-state index >= 15 is 0 Å². The Morgan fingerprint density at radius 3 is 2.47 bits per heavy atom. The maximum atomic E-state index is 12.4. The van der Waals surface area contributed by atoms with E-state index in [1.54, 1.807) is 4.90 Å². The topological polar surface area (TPSA) is 52.2 Å². The highest BCUT2D eigenvalue weighted by molar-refractivity contribution is 5.89. The van der Waals surface area contributed by atoms with E-state index in [2.05, 4.69) is 31.8 Å². The van der Waals surface area contributed by atoms with E-state index in [0.29, 0.717) is 12.5 Å². The molecule has 0 aliphatic carbocycles. The molecule has 1 aromatic heterocycles. The Morgan fingerprint density at radius 1 is 0.875 bits per heavy atom. The first-order valence-corrected chi connectivity index (χ1v) is 11.9. The van der Waals surface area contributed by atoms with Gasteiger partial charge in [0, 0.05) is 57.7 Å². The molecule has 3 aliphatic rings. The summed E-state index contributed by atoms with van der Waals surface area (Å²) in [5.41, 5.74) is 0.918. The van der Waals surface area contributed by atoms with Crippen molar-refractivity contribution in [1.82, 2.24) is 14.8 Å². The standard InChI is InChI=1S/C25H33N5O2/c31-25-30(22-8-2-1-3-9-22)20-23(32-25)19-28-12-6-7-21(18-28)17-27-13-15-29(16-14-27)24-10-4-5-11-26-24/h1-5,8-11,21,23H,6-7,12-20H2. The summed E-state index contributed by atoms with van der Waals surface area (Å²) >= 11 is 0. The maximum Gasteiger partial charge on any atom is 0.414 e. The first-order chi connectivity index (χ1) is 15.7. The number of rotatable bonds is 6. The van der Waals surface area contributed by atoms with Crippen LogP contribution in [0.2, 0.25) is 0 Å². The van der Waals surface area contributed by atoms with Crippen molar-refractivity contribution in [1.29, 1.82) is 0 Å². The lowest BCUT2D eigenvalue weighted by molar-refractivity contribution is 0.0771.